The standard InChI is InChI=1S/C15H15ClN2O4S/c1-9-13(15(19)17-10-6-7-23(20,21)8-10)14(18-22-9)11-4-2-3-5-12(11)16/h2-5,10H,6-8H2,1H3,(H,17,19)/t10-/m0/s1. The zero-order valence-electron chi connectivity index (χ0n) is 12.4. The summed E-state index contributed by atoms with van der Waals surface area (Å²) in [6.45, 7) is 1.63. The molecule has 2 heterocycles. The largest absolute Gasteiger partial charge is 0.360 e. The van der Waals surface area contributed by atoms with Crippen LogP contribution in [0.4, 0.5) is 0 Å². The molecule has 6 nitrogen and oxygen atoms in total. The van der Waals surface area contributed by atoms with Crippen LogP contribution in [0.25, 0.3) is 11.3 Å². The summed E-state index contributed by atoms with van der Waals surface area (Å²) in [6.07, 6.45) is 0.416. The Balaban J connectivity index is 1.90. The van der Waals surface area contributed by atoms with E-state index in [1.807, 2.05) is 0 Å². The van der Waals surface area contributed by atoms with Gasteiger partial charge in [-0.15, -0.1) is 0 Å². The van der Waals surface area contributed by atoms with Gasteiger partial charge in [0.25, 0.3) is 5.91 Å². The molecule has 1 aliphatic rings. The average molecular weight is 355 g/mol. The third kappa shape index (κ3) is 3.25. The Morgan fingerprint density at radius 2 is 2.13 bits per heavy atom. The number of aryl methyl sites for hydroxylation is 1. The Bertz CT molecular complexity index is 860. The fourth-order valence-electron chi connectivity index (χ4n) is 2.64. The van der Waals surface area contributed by atoms with E-state index in [0.29, 0.717) is 28.5 Å². The molecule has 0 unspecified atom stereocenters. The van der Waals surface area contributed by atoms with Crippen LogP contribution in [0.5, 0.6) is 0 Å². The second-order valence-electron chi connectivity index (χ2n) is 5.52. The van der Waals surface area contributed by atoms with Gasteiger partial charge in [-0.05, 0) is 19.4 Å². The highest BCUT2D eigenvalue weighted by molar-refractivity contribution is 7.91. The molecule has 1 fully saturated rings. The van der Waals surface area contributed by atoms with Crippen molar-refractivity contribution >= 4 is 27.3 Å². The quantitative estimate of drug-likeness (QED) is 0.912. The first-order valence-electron chi connectivity index (χ1n) is 7.10. The second-order valence-corrected chi connectivity index (χ2v) is 8.15. The monoisotopic (exact) mass is 354 g/mol. The topological polar surface area (TPSA) is 89.3 Å². The van der Waals surface area contributed by atoms with Crippen molar-refractivity contribution in [3.8, 4) is 11.3 Å². The van der Waals surface area contributed by atoms with Gasteiger partial charge in [0.15, 0.2) is 9.84 Å². The molecule has 1 saturated heterocycles. The molecule has 122 valence electrons. The number of amides is 1. The second kappa shape index (κ2) is 5.98. The van der Waals surface area contributed by atoms with Crippen LogP contribution in [0.15, 0.2) is 28.8 Å². The van der Waals surface area contributed by atoms with Crippen LogP contribution in [0.3, 0.4) is 0 Å². The van der Waals surface area contributed by atoms with E-state index in [1.165, 1.54) is 0 Å². The normalized spacial score (nSPS) is 19.7. The summed E-state index contributed by atoms with van der Waals surface area (Å²) in [4.78, 5) is 12.6. The smallest absolute Gasteiger partial charge is 0.257 e. The predicted molar refractivity (Wildman–Crippen MR) is 86.2 cm³/mol. The summed E-state index contributed by atoms with van der Waals surface area (Å²) in [6, 6.07) is 6.63. The average Bonchev–Trinajstić information content (AvgIpc) is 3.02. The lowest BCUT2D eigenvalue weighted by Crippen LogP contribution is -2.36. The van der Waals surface area contributed by atoms with E-state index in [-0.39, 0.29) is 23.1 Å². The predicted octanol–water partition coefficient (Wildman–Crippen LogP) is 2.22. The molecule has 0 aliphatic carbocycles. The summed E-state index contributed by atoms with van der Waals surface area (Å²) in [5, 5.41) is 7.14. The third-order valence-corrected chi connectivity index (χ3v) is 5.88. The highest BCUT2D eigenvalue weighted by atomic mass is 35.5. The van der Waals surface area contributed by atoms with Gasteiger partial charge in [-0.25, -0.2) is 8.42 Å². The molecule has 1 atom stereocenters. The molecule has 0 radical (unpaired) electrons. The molecule has 3 rings (SSSR count). The number of rotatable bonds is 3. The number of hydrogen-bond donors (Lipinski definition) is 1. The van der Waals surface area contributed by atoms with E-state index in [2.05, 4.69) is 10.5 Å². The molecular formula is C15H15ClN2O4S. The minimum absolute atomic E-state index is 0.0372. The van der Waals surface area contributed by atoms with Crippen molar-refractivity contribution in [3.63, 3.8) is 0 Å². The van der Waals surface area contributed by atoms with Crippen LogP contribution in [0, 0.1) is 6.92 Å². The van der Waals surface area contributed by atoms with Gasteiger partial charge in [-0.3, -0.25) is 4.79 Å². The van der Waals surface area contributed by atoms with Gasteiger partial charge in [-0.1, -0.05) is 35.0 Å². The Morgan fingerprint density at radius 3 is 2.78 bits per heavy atom. The van der Waals surface area contributed by atoms with E-state index >= 15 is 0 Å². The van der Waals surface area contributed by atoms with Gasteiger partial charge in [0.2, 0.25) is 0 Å². The SMILES string of the molecule is Cc1onc(-c2ccccc2Cl)c1C(=O)N[C@H]1CCS(=O)(=O)C1. The number of aromatic nitrogens is 1. The molecular weight excluding hydrogens is 340 g/mol. The van der Waals surface area contributed by atoms with Crippen LogP contribution in [-0.2, 0) is 9.84 Å². The molecule has 8 heteroatoms. The molecule has 2 aromatic rings. The molecule has 0 bridgehead atoms. The lowest BCUT2D eigenvalue weighted by Gasteiger charge is -2.11. The van der Waals surface area contributed by atoms with Crippen molar-refractivity contribution in [1.82, 2.24) is 10.5 Å². The summed E-state index contributed by atoms with van der Waals surface area (Å²) in [5.74, 6) is 0.0154. The number of carbonyl (C=O) groups excluding carboxylic acids is 1. The van der Waals surface area contributed by atoms with Crippen molar-refractivity contribution in [1.29, 1.82) is 0 Å². The number of nitrogens with one attached hydrogen (secondary N) is 1. The number of nitrogens with zero attached hydrogens (tertiary/aromatic N) is 1. The zero-order chi connectivity index (χ0) is 16.6. The number of sulfone groups is 1. The first-order valence-corrected chi connectivity index (χ1v) is 9.30. The van der Waals surface area contributed by atoms with Gasteiger partial charge in [-0.2, -0.15) is 0 Å². The molecule has 1 amide bonds. The molecule has 1 aliphatic heterocycles. The first kappa shape index (κ1) is 16.0. The summed E-state index contributed by atoms with van der Waals surface area (Å²) >= 11 is 6.16. The summed E-state index contributed by atoms with van der Waals surface area (Å²) < 4.78 is 28.2. The summed E-state index contributed by atoms with van der Waals surface area (Å²) in [7, 11) is -3.06. The van der Waals surface area contributed by atoms with Gasteiger partial charge in [0.1, 0.15) is 17.0 Å². The van der Waals surface area contributed by atoms with E-state index in [4.69, 9.17) is 16.1 Å². The fourth-order valence-corrected chi connectivity index (χ4v) is 4.54. The van der Waals surface area contributed by atoms with Crippen molar-refractivity contribution in [2.24, 2.45) is 0 Å². The van der Waals surface area contributed by atoms with Crippen LogP contribution in [-0.4, -0.2) is 37.0 Å². The molecule has 1 aromatic carbocycles. The van der Waals surface area contributed by atoms with E-state index in [9.17, 15) is 13.2 Å². The van der Waals surface area contributed by atoms with Gasteiger partial charge in [0.05, 0.1) is 16.5 Å². The summed E-state index contributed by atoms with van der Waals surface area (Å²) in [5.41, 5.74) is 1.23. The number of hydrogen-bond acceptors (Lipinski definition) is 5. The van der Waals surface area contributed by atoms with Crippen molar-refractivity contribution < 1.29 is 17.7 Å². The maximum absolute atomic E-state index is 12.6. The number of halogens is 1. The molecule has 1 N–H and O–H groups in total. The Morgan fingerprint density at radius 1 is 1.39 bits per heavy atom. The van der Waals surface area contributed by atoms with Crippen molar-refractivity contribution in [2.45, 2.75) is 19.4 Å². The van der Waals surface area contributed by atoms with Gasteiger partial charge < -0.3 is 9.84 Å². The van der Waals surface area contributed by atoms with Crippen LogP contribution >= 0.6 is 11.6 Å². The molecule has 0 saturated carbocycles. The Labute approximate surface area is 138 Å². The number of benzene rings is 1. The minimum atomic E-state index is -3.06. The lowest BCUT2D eigenvalue weighted by atomic mass is 10.1. The van der Waals surface area contributed by atoms with Gasteiger partial charge in [0, 0.05) is 11.6 Å². The van der Waals surface area contributed by atoms with Crippen molar-refractivity contribution in [3.05, 3.63) is 40.6 Å². The third-order valence-electron chi connectivity index (χ3n) is 3.79. The molecule has 1 aromatic heterocycles. The minimum Gasteiger partial charge on any atom is -0.360 e. The van der Waals surface area contributed by atoms with E-state index in [1.54, 1.807) is 31.2 Å². The molecule has 23 heavy (non-hydrogen) atoms. The Kier molecular flexibility index (Phi) is 4.16. The highest BCUT2D eigenvalue weighted by Gasteiger charge is 2.31. The number of carbonyl (C=O) groups is 1. The molecule has 0 spiro atoms. The van der Waals surface area contributed by atoms with Crippen molar-refractivity contribution in [2.75, 3.05) is 11.5 Å². The lowest BCUT2D eigenvalue weighted by molar-refractivity contribution is 0.0940. The fraction of sp³-hybridized carbons (Fsp3) is 0.333. The van der Waals surface area contributed by atoms with E-state index in [0.717, 1.165) is 0 Å². The first-order chi connectivity index (χ1) is 10.9. The zero-order valence-corrected chi connectivity index (χ0v) is 13.9. The van der Waals surface area contributed by atoms with E-state index < -0.39 is 15.7 Å². The van der Waals surface area contributed by atoms with Crippen LogP contribution < -0.4 is 5.32 Å². The van der Waals surface area contributed by atoms with Gasteiger partial charge >= 0.3 is 0 Å². The van der Waals surface area contributed by atoms with Crippen LogP contribution in [0.2, 0.25) is 5.02 Å². The van der Waals surface area contributed by atoms with Crippen LogP contribution in [0.1, 0.15) is 22.5 Å². The Hall–Kier alpha value is -1.86. The maximum Gasteiger partial charge on any atom is 0.257 e. The highest BCUT2D eigenvalue weighted by Crippen LogP contribution is 2.31. The maximum atomic E-state index is 12.6.